The summed E-state index contributed by atoms with van der Waals surface area (Å²) in [4.78, 5) is 50.0. The fourth-order valence-corrected chi connectivity index (χ4v) is 4.25. The maximum Gasteiger partial charge on any atom is 0.337 e. The van der Waals surface area contributed by atoms with Crippen molar-refractivity contribution in [1.29, 1.82) is 0 Å². The van der Waals surface area contributed by atoms with Gasteiger partial charge in [-0.3, -0.25) is 30.1 Å². The highest BCUT2D eigenvalue weighted by Gasteiger charge is 2.31. The van der Waals surface area contributed by atoms with E-state index in [1.165, 1.54) is 24.1 Å². The highest BCUT2D eigenvalue weighted by Crippen LogP contribution is 2.32. The van der Waals surface area contributed by atoms with Crippen LogP contribution in [0.25, 0.3) is 6.08 Å². The lowest BCUT2D eigenvalue weighted by Gasteiger charge is -2.14. The van der Waals surface area contributed by atoms with E-state index in [2.05, 4.69) is 15.6 Å². The molecule has 0 aromatic heterocycles. The maximum atomic E-state index is 12.9. The SMILES string of the molecule is COC(=O)c1ccc(/C=C2\SC(=S)N(CCCC(=O)NNC(=O)c3ccc(F)cc3)C2=O)cc1. The van der Waals surface area contributed by atoms with Crippen molar-refractivity contribution < 1.29 is 28.3 Å². The summed E-state index contributed by atoms with van der Waals surface area (Å²) in [7, 11) is 1.30. The van der Waals surface area contributed by atoms with E-state index < -0.39 is 23.6 Å². The molecule has 2 aromatic rings. The van der Waals surface area contributed by atoms with Crippen LogP contribution in [0.15, 0.2) is 53.4 Å². The number of ether oxygens (including phenoxy) is 1. The third-order valence-electron chi connectivity index (χ3n) is 4.71. The molecule has 1 fully saturated rings. The van der Waals surface area contributed by atoms with Crippen molar-refractivity contribution in [2.45, 2.75) is 12.8 Å². The lowest BCUT2D eigenvalue weighted by atomic mass is 10.1. The molecule has 2 aromatic carbocycles. The molecule has 3 rings (SSSR count). The molecule has 0 spiro atoms. The predicted molar refractivity (Wildman–Crippen MR) is 129 cm³/mol. The second-order valence-corrected chi connectivity index (χ2v) is 8.74. The number of benzene rings is 2. The van der Waals surface area contributed by atoms with Crippen LogP contribution in [0.2, 0.25) is 0 Å². The van der Waals surface area contributed by atoms with Crippen LogP contribution >= 0.6 is 24.0 Å². The summed E-state index contributed by atoms with van der Waals surface area (Å²) < 4.78 is 18.0. The Labute approximate surface area is 204 Å². The molecule has 0 aliphatic carbocycles. The first-order valence-corrected chi connectivity index (χ1v) is 11.3. The Morgan fingerprint density at radius 1 is 1.06 bits per heavy atom. The number of halogens is 1. The van der Waals surface area contributed by atoms with E-state index in [0.29, 0.717) is 21.2 Å². The molecule has 2 N–H and O–H groups in total. The van der Waals surface area contributed by atoms with Crippen LogP contribution in [0.1, 0.15) is 39.1 Å². The first-order valence-electron chi connectivity index (χ1n) is 10.1. The molecule has 1 saturated heterocycles. The molecule has 0 saturated carbocycles. The zero-order valence-corrected chi connectivity index (χ0v) is 19.6. The molecular weight excluding hydrogens is 481 g/mol. The average Bonchev–Trinajstić information content (AvgIpc) is 3.10. The summed E-state index contributed by atoms with van der Waals surface area (Å²) in [5.74, 6) is -2.20. The molecule has 0 radical (unpaired) electrons. The number of hydrazine groups is 1. The highest BCUT2D eigenvalue weighted by molar-refractivity contribution is 8.26. The van der Waals surface area contributed by atoms with Crippen LogP contribution < -0.4 is 10.9 Å². The lowest BCUT2D eigenvalue weighted by Crippen LogP contribution is -2.41. The van der Waals surface area contributed by atoms with Gasteiger partial charge in [-0.15, -0.1) is 0 Å². The van der Waals surface area contributed by atoms with Gasteiger partial charge in [0, 0.05) is 18.5 Å². The molecule has 0 unspecified atom stereocenters. The van der Waals surface area contributed by atoms with Gasteiger partial charge in [-0.1, -0.05) is 36.1 Å². The summed E-state index contributed by atoms with van der Waals surface area (Å²) in [5.41, 5.74) is 5.87. The number of carbonyl (C=O) groups excluding carboxylic acids is 4. The van der Waals surface area contributed by atoms with Gasteiger partial charge in [0.2, 0.25) is 5.91 Å². The van der Waals surface area contributed by atoms with Gasteiger partial charge in [-0.25, -0.2) is 9.18 Å². The van der Waals surface area contributed by atoms with Crippen LogP contribution in [-0.4, -0.2) is 46.6 Å². The number of methoxy groups -OCH3 is 1. The van der Waals surface area contributed by atoms with E-state index in [4.69, 9.17) is 12.2 Å². The minimum Gasteiger partial charge on any atom is -0.465 e. The van der Waals surface area contributed by atoms with Crippen LogP contribution in [0, 0.1) is 5.82 Å². The van der Waals surface area contributed by atoms with Crippen LogP contribution in [0.3, 0.4) is 0 Å². The second-order valence-electron chi connectivity index (χ2n) is 7.06. The number of carbonyl (C=O) groups is 4. The summed E-state index contributed by atoms with van der Waals surface area (Å²) in [6.45, 7) is 0.239. The largest absolute Gasteiger partial charge is 0.465 e. The number of esters is 1. The van der Waals surface area contributed by atoms with Crippen LogP contribution in [0.5, 0.6) is 0 Å². The summed E-state index contributed by atoms with van der Waals surface area (Å²) in [6.07, 6.45) is 2.05. The number of thioether (sulfide) groups is 1. The number of nitrogens with one attached hydrogen (secondary N) is 2. The van der Waals surface area contributed by atoms with Crippen molar-refractivity contribution in [2.75, 3.05) is 13.7 Å². The molecule has 1 heterocycles. The van der Waals surface area contributed by atoms with E-state index in [-0.39, 0.29) is 24.4 Å². The molecule has 3 amide bonds. The number of thiocarbonyl (C=S) groups is 1. The summed E-state index contributed by atoms with van der Waals surface area (Å²) >= 11 is 6.45. The van der Waals surface area contributed by atoms with E-state index in [9.17, 15) is 23.6 Å². The van der Waals surface area contributed by atoms with Gasteiger partial charge in [0.1, 0.15) is 10.1 Å². The fourth-order valence-electron chi connectivity index (χ4n) is 2.94. The van der Waals surface area contributed by atoms with Crippen molar-refractivity contribution in [3.63, 3.8) is 0 Å². The second kappa shape index (κ2) is 11.5. The van der Waals surface area contributed by atoms with E-state index in [1.807, 2.05) is 0 Å². The predicted octanol–water partition coefficient (Wildman–Crippen LogP) is 3.05. The topological polar surface area (TPSA) is 105 Å². The van der Waals surface area contributed by atoms with E-state index in [0.717, 1.165) is 29.5 Å². The zero-order chi connectivity index (χ0) is 24.7. The molecule has 1 aliphatic heterocycles. The minimum atomic E-state index is -0.574. The molecule has 8 nitrogen and oxygen atoms in total. The van der Waals surface area contributed by atoms with Gasteiger partial charge in [-0.05, 0) is 54.5 Å². The first kappa shape index (κ1) is 25.1. The number of amides is 3. The van der Waals surface area contributed by atoms with Crippen molar-refractivity contribution in [2.24, 2.45) is 0 Å². The Kier molecular flexibility index (Phi) is 8.50. The van der Waals surface area contributed by atoms with Crippen LogP contribution in [0.4, 0.5) is 4.39 Å². The Morgan fingerprint density at radius 2 is 1.71 bits per heavy atom. The molecule has 34 heavy (non-hydrogen) atoms. The molecule has 1 aliphatic rings. The number of hydrogen-bond donors (Lipinski definition) is 2. The third-order valence-corrected chi connectivity index (χ3v) is 6.09. The van der Waals surface area contributed by atoms with Gasteiger partial charge < -0.3 is 4.74 Å². The van der Waals surface area contributed by atoms with Crippen molar-refractivity contribution in [3.05, 3.63) is 75.9 Å². The molecule has 11 heteroatoms. The Hall–Kier alpha value is -3.57. The Balaban J connectivity index is 1.47. The fraction of sp³-hybridized carbons (Fsp3) is 0.174. The molecular formula is C23H20FN3O5S2. The van der Waals surface area contributed by atoms with Crippen molar-refractivity contribution in [3.8, 4) is 0 Å². The number of nitrogens with zero attached hydrogens (tertiary/aromatic N) is 1. The van der Waals surface area contributed by atoms with Gasteiger partial charge in [-0.2, -0.15) is 0 Å². The Morgan fingerprint density at radius 3 is 2.35 bits per heavy atom. The molecule has 176 valence electrons. The van der Waals surface area contributed by atoms with Gasteiger partial charge in [0.25, 0.3) is 11.8 Å². The van der Waals surface area contributed by atoms with Gasteiger partial charge in [0.15, 0.2) is 0 Å². The zero-order valence-electron chi connectivity index (χ0n) is 18.0. The normalized spacial score (nSPS) is 14.3. The maximum absolute atomic E-state index is 12.9. The van der Waals surface area contributed by atoms with Crippen molar-refractivity contribution in [1.82, 2.24) is 15.8 Å². The molecule has 0 atom stereocenters. The quantitative estimate of drug-likeness (QED) is 0.260. The summed E-state index contributed by atoms with van der Waals surface area (Å²) in [5, 5.41) is 0. The van der Waals surface area contributed by atoms with E-state index in [1.54, 1.807) is 30.3 Å². The lowest BCUT2D eigenvalue weighted by molar-refractivity contribution is -0.124. The first-order chi connectivity index (χ1) is 16.3. The van der Waals surface area contributed by atoms with E-state index >= 15 is 0 Å². The smallest absolute Gasteiger partial charge is 0.337 e. The average molecular weight is 502 g/mol. The third kappa shape index (κ3) is 6.49. The summed E-state index contributed by atoms with van der Waals surface area (Å²) in [6, 6.07) is 11.5. The van der Waals surface area contributed by atoms with Crippen LogP contribution in [-0.2, 0) is 14.3 Å². The Bertz CT molecular complexity index is 1150. The molecule has 0 bridgehead atoms. The van der Waals surface area contributed by atoms with Crippen molar-refractivity contribution >= 4 is 58.1 Å². The monoisotopic (exact) mass is 501 g/mol. The highest BCUT2D eigenvalue weighted by atomic mass is 32.2. The number of hydrogen-bond acceptors (Lipinski definition) is 7. The number of rotatable bonds is 7. The van der Waals surface area contributed by atoms with Gasteiger partial charge in [0.05, 0.1) is 17.6 Å². The minimum absolute atomic E-state index is 0.0504. The van der Waals surface area contributed by atoms with Gasteiger partial charge >= 0.3 is 5.97 Å². The standard InChI is InChI=1S/C23H20FN3O5S2/c1-32-22(31)16-6-4-14(5-7-16)13-18-21(30)27(23(33)34-18)12-2-3-19(28)25-26-20(29)15-8-10-17(24)11-9-15/h4-11,13H,2-3,12H2,1H3,(H,25,28)(H,26,29)/b18-13-.